The van der Waals surface area contributed by atoms with Crippen LogP contribution in [0.3, 0.4) is 0 Å². The highest BCUT2D eigenvalue weighted by Crippen LogP contribution is 2.17. The summed E-state index contributed by atoms with van der Waals surface area (Å²) in [4.78, 5) is 38.2. The Labute approximate surface area is 477 Å². The third-order valence-corrected chi connectivity index (χ3v) is 14.4. The molecule has 0 fully saturated rings. The molecule has 1 atom stereocenters. The monoisotopic (exact) mass is 1070 g/mol. The number of hydrogen-bond acceptors (Lipinski definition) is 6. The van der Waals surface area contributed by atoms with Gasteiger partial charge in [0.05, 0.1) is 0 Å². The minimum absolute atomic E-state index is 0.0782. The van der Waals surface area contributed by atoms with Crippen LogP contribution in [0, 0.1) is 0 Å². The molecule has 0 heterocycles. The van der Waals surface area contributed by atoms with E-state index < -0.39 is 6.10 Å². The van der Waals surface area contributed by atoms with E-state index in [4.69, 9.17) is 14.2 Å². The van der Waals surface area contributed by atoms with Crippen molar-refractivity contribution < 1.29 is 28.6 Å². The molecular formula is C71H124O6. The van der Waals surface area contributed by atoms with E-state index in [0.717, 1.165) is 109 Å². The summed E-state index contributed by atoms with van der Waals surface area (Å²) in [6, 6.07) is 0. The summed E-state index contributed by atoms with van der Waals surface area (Å²) < 4.78 is 16.9. The van der Waals surface area contributed by atoms with Crippen molar-refractivity contribution in [1.29, 1.82) is 0 Å². The van der Waals surface area contributed by atoms with Crippen molar-refractivity contribution in [2.75, 3.05) is 13.2 Å². The zero-order valence-corrected chi connectivity index (χ0v) is 51.0. The molecule has 77 heavy (non-hydrogen) atoms. The maximum atomic E-state index is 12.8. The molecule has 0 aliphatic carbocycles. The lowest BCUT2D eigenvalue weighted by molar-refractivity contribution is -0.167. The van der Waals surface area contributed by atoms with Crippen LogP contribution in [0.1, 0.15) is 329 Å². The molecule has 0 amide bonds. The lowest BCUT2D eigenvalue weighted by Crippen LogP contribution is -2.30. The van der Waals surface area contributed by atoms with Gasteiger partial charge >= 0.3 is 17.9 Å². The smallest absolute Gasteiger partial charge is 0.306 e. The normalized spacial score (nSPS) is 12.6. The summed E-state index contributed by atoms with van der Waals surface area (Å²) in [5, 5.41) is 0. The number of unbranched alkanes of at least 4 members (excludes halogenated alkanes) is 35. The Bertz CT molecular complexity index is 1470. The van der Waals surface area contributed by atoms with E-state index in [1.54, 1.807) is 0 Å². The first kappa shape index (κ1) is 73.6. The van der Waals surface area contributed by atoms with Crippen molar-refractivity contribution in [3.05, 3.63) is 85.1 Å². The molecule has 0 N–H and O–H groups in total. The van der Waals surface area contributed by atoms with Gasteiger partial charge in [0.2, 0.25) is 0 Å². The van der Waals surface area contributed by atoms with E-state index in [1.807, 2.05) is 0 Å². The van der Waals surface area contributed by atoms with Gasteiger partial charge in [-0.05, 0) is 116 Å². The molecule has 0 aromatic rings. The summed E-state index contributed by atoms with van der Waals surface area (Å²) in [5.41, 5.74) is 0. The Balaban J connectivity index is 4.04. The van der Waals surface area contributed by atoms with Crippen LogP contribution >= 0.6 is 0 Å². The summed E-state index contributed by atoms with van der Waals surface area (Å²) in [5.74, 6) is -0.884. The predicted molar refractivity (Wildman–Crippen MR) is 334 cm³/mol. The Morgan fingerprint density at radius 1 is 0.273 bits per heavy atom. The van der Waals surface area contributed by atoms with Crippen LogP contribution < -0.4 is 0 Å². The lowest BCUT2D eigenvalue weighted by atomic mass is 10.0. The molecule has 0 bridgehead atoms. The molecule has 0 radical (unpaired) electrons. The van der Waals surface area contributed by atoms with E-state index in [0.29, 0.717) is 19.3 Å². The molecule has 0 aliphatic heterocycles. The first-order valence-corrected chi connectivity index (χ1v) is 33.1. The standard InChI is InChI=1S/C71H124O6/c1-4-7-10-13-16-19-22-25-26-27-28-29-30-31-32-33-34-35-36-37-38-39-40-41-42-43-44-45-46-47-50-52-55-58-61-64-70(73)76-67-68(77-71(74)65-62-59-56-53-49-24-21-18-15-12-9-6-3)66-75-69(72)63-60-57-54-51-48-23-20-17-14-11-8-5-2/h7,10,16-21,25-26,28-29,31-32,68H,4-6,8-9,11-15,22-24,27,30,33-67H2,1-3H3/b10-7-,19-16-,20-17-,21-18-,26-25-,29-28-,32-31-. The Kier molecular flexibility index (Phi) is 62.2. The summed E-state index contributed by atoms with van der Waals surface area (Å²) in [6.45, 7) is 6.49. The number of carbonyl (C=O) groups excluding carboxylic acids is 3. The number of hydrogen-bond donors (Lipinski definition) is 0. The average Bonchev–Trinajstić information content (AvgIpc) is 3.43. The van der Waals surface area contributed by atoms with Gasteiger partial charge in [0.1, 0.15) is 13.2 Å². The Morgan fingerprint density at radius 3 is 0.805 bits per heavy atom. The molecule has 6 heteroatoms. The number of rotatable bonds is 60. The molecule has 0 spiro atoms. The molecule has 6 nitrogen and oxygen atoms in total. The molecular weight excluding hydrogens is 949 g/mol. The molecule has 444 valence electrons. The van der Waals surface area contributed by atoms with Crippen LogP contribution in [0.2, 0.25) is 0 Å². The zero-order chi connectivity index (χ0) is 55.7. The molecule has 0 aromatic carbocycles. The Morgan fingerprint density at radius 2 is 0.506 bits per heavy atom. The van der Waals surface area contributed by atoms with E-state index in [1.165, 1.54) is 180 Å². The maximum absolute atomic E-state index is 12.8. The zero-order valence-electron chi connectivity index (χ0n) is 51.0. The number of allylic oxidation sites excluding steroid dienone is 14. The fourth-order valence-electron chi connectivity index (χ4n) is 9.40. The molecule has 0 aliphatic rings. The highest BCUT2D eigenvalue weighted by atomic mass is 16.6. The van der Waals surface area contributed by atoms with Crippen LogP contribution in [0.4, 0.5) is 0 Å². The van der Waals surface area contributed by atoms with Gasteiger partial charge in [-0.25, -0.2) is 0 Å². The summed E-state index contributed by atoms with van der Waals surface area (Å²) >= 11 is 0. The van der Waals surface area contributed by atoms with Gasteiger partial charge in [0, 0.05) is 19.3 Å². The quantitative estimate of drug-likeness (QED) is 0.0261. The van der Waals surface area contributed by atoms with Crippen molar-refractivity contribution in [3.8, 4) is 0 Å². The molecule has 1 unspecified atom stereocenters. The van der Waals surface area contributed by atoms with Crippen LogP contribution in [0.15, 0.2) is 85.1 Å². The van der Waals surface area contributed by atoms with Crippen molar-refractivity contribution in [1.82, 2.24) is 0 Å². The fraction of sp³-hybridized carbons (Fsp3) is 0.761. The molecule has 0 saturated carbocycles. The minimum atomic E-state index is -0.780. The third kappa shape index (κ3) is 63.3. The van der Waals surface area contributed by atoms with Crippen LogP contribution in [0.25, 0.3) is 0 Å². The van der Waals surface area contributed by atoms with Gasteiger partial charge < -0.3 is 14.2 Å². The van der Waals surface area contributed by atoms with E-state index in [2.05, 4.69) is 106 Å². The molecule has 0 aromatic heterocycles. The second-order valence-corrected chi connectivity index (χ2v) is 22.0. The molecule has 0 saturated heterocycles. The summed E-state index contributed by atoms with van der Waals surface area (Å²) in [7, 11) is 0. The van der Waals surface area contributed by atoms with Crippen molar-refractivity contribution in [2.45, 2.75) is 335 Å². The maximum Gasteiger partial charge on any atom is 0.306 e. The topological polar surface area (TPSA) is 78.9 Å². The van der Waals surface area contributed by atoms with Crippen molar-refractivity contribution in [2.24, 2.45) is 0 Å². The highest BCUT2D eigenvalue weighted by molar-refractivity contribution is 5.71. The number of carbonyl (C=O) groups is 3. The first-order valence-electron chi connectivity index (χ1n) is 33.1. The lowest BCUT2D eigenvalue weighted by Gasteiger charge is -2.18. The van der Waals surface area contributed by atoms with E-state index in [9.17, 15) is 14.4 Å². The van der Waals surface area contributed by atoms with Gasteiger partial charge in [0.15, 0.2) is 6.10 Å². The fourth-order valence-corrected chi connectivity index (χ4v) is 9.40. The first-order chi connectivity index (χ1) is 38.0. The molecule has 0 rings (SSSR count). The second-order valence-electron chi connectivity index (χ2n) is 22.0. The van der Waals surface area contributed by atoms with Crippen LogP contribution in [0.5, 0.6) is 0 Å². The van der Waals surface area contributed by atoms with Crippen molar-refractivity contribution in [3.63, 3.8) is 0 Å². The largest absolute Gasteiger partial charge is 0.462 e. The average molecular weight is 1070 g/mol. The third-order valence-electron chi connectivity index (χ3n) is 14.4. The van der Waals surface area contributed by atoms with Gasteiger partial charge in [-0.15, -0.1) is 0 Å². The second kappa shape index (κ2) is 65.1. The number of ether oxygens (including phenoxy) is 3. The van der Waals surface area contributed by atoms with Crippen molar-refractivity contribution >= 4 is 17.9 Å². The van der Waals surface area contributed by atoms with Gasteiger partial charge in [0.25, 0.3) is 0 Å². The predicted octanol–water partition coefficient (Wildman–Crippen LogP) is 22.7. The van der Waals surface area contributed by atoms with Gasteiger partial charge in [-0.2, -0.15) is 0 Å². The summed E-state index contributed by atoms with van der Waals surface area (Å²) in [6.07, 6.45) is 86.2. The van der Waals surface area contributed by atoms with E-state index in [-0.39, 0.29) is 31.1 Å². The Hall–Kier alpha value is -3.41. The van der Waals surface area contributed by atoms with Crippen LogP contribution in [-0.4, -0.2) is 37.2 Å². The van der Waals surface area contributed by atoms with E-state index >= 15 is 0 Å². The van der Waals surface area contributed by atoms with Gasteiger partial charge in [-0.1, -0.05) is 279 Å². The van der Waals surface area contributed by atoms with Gasteiger partial charge in [-0.3, -0.25) is 14.4 Å². The number of esters is 3. The minimum Gasteiger partial charge on any atom is -0.462 e. The highest BCUT2D eigenvalue weighted by Gasteiger charge is 2.19. The SMILES string of the molecule is CC/C=C\C/C=C\C/C=C\C/C=C\C/C=C\CCCCCCCCCCCCCCCCCCCCCC(=O)OCC(COC(=O)CCCCCCC/C=C\CCCCC)OC(=O)CCCCCCC/C=C\CCCCC. The van der Waals surface area contributed by atoms with Crippen LogP contribution in [-0.2, 0) is 28.6 Å².